The van der Waals surface area contributed by atoms with Crippen LogP contribution >= 0.6 is 0 Å². The highest BCUT2D eigenvalue weighted by atomic mass is 19.1. The minimum absolute atomic E-state index is 0.200. The number of hydrogen-bond donors (Lipinski definition) is 1. The number of hydrogen-bond acceptors (Lipinski definition) is 2. The maximum absolute atomic E-state index is 13.2. The predicted molar refractivity (Wildman–Crippen MR) is 65.0 cm³/mol. The Bertz CT molecular complexity index is 570. The predicted octanol–water partition coefficient (Wildman–Crippen LogP) is 2.91. The first-order valence-corrected chi connectivity index (χ1v) is 5.75. The van der Waals surface area contributed by atoms with Crippen LogP contribution in [0.5, 0.6) is 0 Å². The molecule has 2 aromatic rings. The van der Waals surface area contributed by atoms with Gasteiger partial charge in [0.05, 0.1) is 6.33 Å². The van der Waals surface area contributed by atoms with Crippen molar-refractivity contribution in [2.75, 3.05) is 5.73 Å². The van der Waals surface area contributed by atoms with E-state index in [-0.39, 0.29) is 5.82 Å². The number of nitrogens with zero attached hydrogens (tertiary/aromatic N) is 2. The number of nitrogen functional groups attached to an aromatic ring is 1. The lowest BCUT2D eigenvalue weighted by Gasteiger charge is -2.04. The molecule has 1 aliphatic carbocycles. The third kappa shape index (κ3) is 1.69. The number of halogens is 1. The second kappa shape index (κ2) is 3.58. The van der Waals surface area contributed by atoms with Gasteiger partial charge in [0.15, 0.2) is 0 Å². The highest BCUT2D eigenvalue weighted by Crippen LogP contribution is 2.39. The maximum atomic E-state index is 13.2. The minimum Gasteiger partial charge on any atom is -0.383 e. The van der Waals surface area contributed by atoms with E-state index in [4.69, 9.17) is 5.73 Å². The monoisotopic (exact) mass is 231 g/mol. The van der Waals surface area contributed by atoms with Crippen LogP contribution in [0, 0.1) is 12.7 Å². The normalized spacial score (nSPS) is 15.2. The Labute approximate surface area is 99.1 Å². The third-order valence-electron chi connectivity index (χ3n) is 3.20. The van der Waals surface area contributed by atoms with E-state index in [1.54, 1.807) is 25.4 Å². The van der Waals surface area contributed by atoms with Crippen molar-refractivity contribution in [3.63, 3.8) is 0 Å². The number of imidazole rings is 1. The second-order valence-corrected chi connectivity index (χ2v) is 4.58. The van der Waals surface area contributed by atoms with E-state index in [1.807, 2.05) is 4.57 Å². The lowest BCUT2D eigenvalue weighted by Crippen LogP contribution is -1.99. The van der Waals surface area contributed by atoms with Crippen LogP contribution < -0.4 is 5.73 Å². The number of benzene rings is 1. The first kappa shape index (κ1) is 10.3. The van der Waals surface area contributed by atoms with Gasteiger partial charge in [0.25, 0.3) is 0 Å². The number of aryl methyl sites for hydroxylation is 1. The fourth-order valence-electron chi connectivity index (χ4n) is 2.03. The molecule has 0 atom stereocenters. The number of nitrogens with two attached hydrogens (primary N) is 1. The van der Waals surface area contributed by atoms with Crippen molar-refractivity contribution in [1.82, 2.24) is 9.55 Å². The molecule has 0 spiro atoms. The van der Waals surface area contributed by atoms with Crippen molar-refractivity contribution in [3.05, 3.63) is 35.9 Å². The van der Waals surface area contributed by atoms with Crippen LogP contribution in [-0.2, 0) is 0 Å². The SMILES string of the molecule is Cc1cc(-c2ncn(C3CC3)c2N)ccc1F. The molecule has 0 saturated heterocycles. The molecular weight excluding hydrogens is 217 g/mol. The van der Waals surface area contributed by atoms with Gasteiger partial charge in [-0.1, -0.05) is 0 Å². The van der Waals surface area contributed by atoms with Crippen LogP contribution in [0.1, 0.15) is 24.4 Å². The zero-order valence-electron chi connectivity index (χ0n) is 9.65. The summed E-state index contributed by atoms with van der Waals surface area (Å²) in [5.74, 6) is 0.479. The van der Waals surface area contributed by atoms with Gasteiger partial charge in [0.2, 0.25) is 0 Å². The first-order valence-electron chi connectivity index (χ1n) is 5.75. The topological polar surface area (TPSA) is 43.8 Å². The molecule has 1 heterocycles. The first-order chi connectivity index (χ1) is 8.16. The molecule has 3 rings (SSSR count). The number of anilines is 1. The molecule has 0 radical (unpaired) electrons. The van der Waals surface area contributed by atoms with Crippen molar-refractivity contribution < 1.29 is 4.39 Å². The fourth-order valence-corrected chi connectivity index (χ4v) is 2.03. The van der Waals surface area contributed by atoms with Gasteiger partial charge < -0.3 is 10.3 Å². The smallest absolute Gasteiger partial charge is 0.131 e. The highest BCUT2D eigenvalue weighted by molar-refractivity contribution is 5.71. The Balaban J connectivity index is 2.05. The maximum Gasteiger partial charge on any atom is 0.131 e. The van der Waals surface area contributed by atoms with Gasteiger partial charge in [0, 0.05) is 11.6 Å². The zero-order valence-corrected chi connectivity index (χ0v) is 9.65. The van der Waals surface area contributed by atoms with Gasteiger partial charge in [-0.25, -0.2) is 9.37 Å². The quantitative estimate of drug-likeness (QED) is 0.863. The molecular formula is C13H14FN3. The summed E-state index contributed by atoms with van der Waals surface area (Å²) in [6.45, 7) is 1.74. The van der Waals surface area contributed by atoms with Gasteiger partial charge in [-0.3, -0.25) is 0 Å². The Hall–Kier alpha value is -1.84. The summed E-state index contributed by atoms with van der Waals surface area (Å²) in [5, 5.41) is 0. The van der Waals surface area contributed by atoms with Crippen molar-refractivity contribution in [2.45, 2.75) is 25.8 Å². The Morgan fingerprint density at radius 1 is 1.41 bits per heavy atom. The lowest BCUT2D eigenvalue weighted by atomic mass is 10.1. The van der Waals surface area contributed by atoms with E-state index in [0.717, 1.165) is 11.3 Å². The standard InChI is InChI=1S/C13H14FN3/c1-8-6-9(2-5-11(8)14)12-13(15)17(7-16-12)10-3-4-10/h2,5-7,10H,3-4,15H2,1H3. The molecule has 0 amide bonds. The van der Waals surface area contributed by atoms with Gasteiger partial charge in [-0.2, -0.15) is 0 Å². The Morgan fingerprint density at radius 3 is 2.82 bits per heavy atom. The van der Waals surface area contributed by atoms with E-state index in [1.165, 1.54) is 18.9 Å². The van der Waals surface area contributed by atoms with Gasteiger partial charge in [-0.05, 0) is 43.5 Å². The molecule has 0 unspecified atom stereocenters. The zero-order chi connectivity index (χ0) is 12.0. The van der Waals surface area contributed by atoms with Crippen LogP contribution in [0.25, 0.3) is 11.3 Å². The fraction of sp³-hybridized carbons (Fsp3) is 0.308. The van der Waals surface area contributed by atoms with E-state index < -0.39 is 0 Å². The Morgan fingerprint density at radius 2 is 2.18 bits per heavy atom. The van der Waals surface area contributed by atoms with Crippen LogP contribution in [-0.4, -0.2) is 9.55 Å². The molecule has 88 valence electrons. The molecule has 0 aliphatic heterocycles. The molecule has 3 nitrogen and oxygen atoms in total. The molecule has 1 aliphatic rings. The summed E-state index contributed by atoms with van der Waals surface area (Å²) in [5.41, 5.74) is 8.31. The van der Waals surface area contributed by atoms with E-state index in [0.29, 0.717) is 17.4 Å². The molecule has 1 aromatic heterocycles. The molecule has 1 saturated carbocycles. The molecule has 2 N–H and O–H groups in total. The highest BCUT2D eigenvalue weighted by Gasteiger charge is 2.26. The summed E-state index contributed by atoms with van der Waals surface area (Å²) in [4.78, 5) is 4.33. The van der Waals surface area contributed by atoms with Crippen LogP contribution in [0.4, 0.5) is 10.2 Å². The van der Waals surface area contributed by atoms with Crippen molar-refractivity contribution in [2.24, 2.45) is 0 Å². The lowest BCUT2D eigenvalue weighted by molar-refractivity contribution is 0.619. The molecule has 1 aromatic carbocycles. The van der Waals surface area contributed by atoms with Crippen LogP contribution in [0.3, 0.4) is 0 Å². The number of rotatable bonds is 2. The summed E-state index contributed by atoms with van der Waals surface area (Å²) in [6.07, 6.45) is 4.12. The molecule has 1 fully saturated rings. The van der Waals surface area contributed by atoms with Crippen molar-refractivity contribution >= 4 is 5.82 Å². The van der Waals surface area contributed by atoms with Crippen molar-refractivity contribution in [3.8, 4) is 11.3 Å². The van der Waals surface area contributed by atoms with E-state index in [2.05, 4.69) is 4.98 Å². The average Bonchev–Trinajstić information content (AvgIpc) is 3.07. The van der Waals surface area contributed by atoms with Crippen LogP contribution in [0.15, 0.2) is 24.5 Å². The summed E-state index contributed by atoms with van der Waals surface area (Å²) in [7, 11) is 0. The van der Waals surface area contributed by atoms with Gasteiger partial charge >= 0.3 is 0 Å². The average molecular weight is 231 g/mol. The van der Waals surface area contributed by atoms with Gasteiger partial charge in [-0.15, -0.1) is 0 Å². The second-order valence-electron chi connectivity index (χ2n) is 4.58. The van der Waals surface area contributed by atoms with Gasteiger partial charge in [0.1, 0.15) is 17.3 Å². The van der Waals surface area contributed by atoms with E-state index in [9.17, 15) is 4.39 Å². The number of aromatic nitrogens is 2. The largest absolute Gasteiger partial charge is 0.383 e. The molecule has 17 heavy (non-hydrogen) atoms. The summed E-state index contributed by atoms with van der Waals surface area (Å²) >= 11 is 0. The third-order valence-corrected chi connectivity index (χ3v) is 3.20. The summed E-state index contributed by atoms with van der Waals surface area (Å²) < 4.78 is 15.2. The summed E-state index contributed by atoms with van der Waals surface area (Å²) in [6, 6.07) is 5.47. The minimum atomic E-state index is -0.200. The van der Waals surface area contributed by atoms with E-state index >= 15 is 0 Å². The molecule has 4 heteroatoms. The van der Waals surface area contributed by atoms with Crippen LogP contribution in [0.2, 0.25) is 0 Å². The Kier molecular flexibility index (Phi) is 2.18. The van der Waals surface area contributed by atoms with Crippen molar-refractivity contribution in [1.29, 1.82) is 0 Å². The molecule has 0 bridgehead atoms.